The number of hydrogen-bond donors (Lipinski definition) is 1. The molecule has 0 fully saturated rings. The second-order valence-corrected chi connectivity index (χ2v) is 7.33. The van der Waals surface area contributed by atoms with E-state index in [-0.39, 0.29) is 15.7 Å². The highest BCUT2D eigenvalue weighted by molar-refractivity contribution is 7.91. The Labute approximate surface area is 146 Å². The highest BCUT2D eigenvalue weighted by Crippen LogP contribution is 2.20. The van der Waals surface area contributed by atoms with Crippen molar-refractivity contribution < 1.29 is 13.2 Å². The number of rotatable bonds is 5. The van der Waals surface area contributed by atoms with E-state index in [4.69, 9.17) is 0 Å². The average Bonchev–Trinajstić information content (AvgIpc) is 2.68. The van der Waals surface area contributed by atoms with E-state index in [1.165, 1.54) is 24.3 Å². The molecule has 0 aliphatic heterocycles. The molecule has 0 aliphatic carbocycles. The molecule has 0 bridgehead atoms. The third-order valence-corrected chi connectivity index (χ3v) is 5.44. The van der Waals surface area contributed by atoms with Crippen LogP contribution >= 0.6 is 0 Å². The first-order chi connectivity index (χ1) is 12.1. The molecule has 126 valence electrons. The van der Waals surface area contributed by atoms with Crippen LogP contribution < -0.4 is 5.32 Å². The highest BCUT2D eigenvalue weighted by Gasteiger charge is 2.17. The number of carbonyl (C=O) groups excluding carboxylic acids is 1. The van der Waals surface area contributed by atoms with Crippen LogP contribution in [0.2, 0.25) is 0 Å². The first kappa shape index (κ1) is 16.9. The SMILES string of the molecule is O=C(NCc1cccnc1)c1ccc(S(=O)(=O)c2ccccc2)cc1. The number of aromatic nitrogens is 1. The van der Waals surface area contributed by atoms with Crippen LogP contribution in [-0.2, 0) is 16.4 Å². The fraction of sp³-hybridized carbons (Fsp3) is 0.0526. The van der Waals surface area contributed by atoms with E-state index < -0.39 is 9.84 Å². The van der Waals surface area contributed by atoms with Gasteiger partial charge in [-0.3, -0.25) is 9.78 Å². The number of benzene rings is 2. The summed E-state index contributed by atoms with van der Waals surface area (Å²) in [5.41, 5.74) is 1.29. The predicted octanol–water partition coefficient (Wildman–Crippen LogP) is 2.84. The average molecular weight is 352 g/mol. The standard InChI is InChI=1S/C19H16N2O3S/c22-19(21-14-15-5-4-12-20-13-15)16-8-10-18(11-9-16)25(23,24)17-6-2-1-3-7-17/h1-13H,14H2,(H,21,22). The number of hydrogen-bond acceptors (Lipinski definition) is 4. The minimum Gasteiger partial charge on any atom is -0.348 e. The second-order valence-electron chi connectivity index (χ2n) is 5.38. The lowest BCUT2D eigenvalue weighted by Crippen LogP contribution is -2.22. The number of nitrogens with one attached hydrogen (secondary N) is 1. The van der Waals surface area contributed by atoms with Gasteiger partial charge < -0.3 is 5.32 Å². The zero-order valence-electron chi connectivity index (χ0n) is 13.3. The Kier molecular flexibility index (Phi) is 4.90. The van der Waals surface area contributed by atoms with Crippen molar-refractivity contribution in [2.24, 2.45) is 0 Å². The van der Waals surface area contributed by atoms with Gasteiger partial charge in [0.15, 0.2) is 0 Å². The first-order valence-corrected chi connectivity index (χ1v) is 9.13. The third-order valence-electron chi connectivity index (χ3n) is 3.66. The van der Waals surface area contributed by atoms with Gasteiger partial charge in [-0.05, 0) is 48.0 Å². The van der Waals surface area contributed by atoms with Crippen LogP contribution in [0.15, 0.2) is 88.9 Å². The van der Waals surface area contributed by atoms with Crippen molar-refractivity contribution in [2.75, 3.05) is 0 Å². The molecule has 0 saturated carbocycles. The molecule has 3 aromatic rings. The quantitative estimate of drug-likeness (QED) is 0.766. The van der Waals surface area contributed by atoms with Crippen LogP contribution in [0.1, 0.15) is 15.9 Å². The maximum atomic E-state index is 12.5. The Morgan fingerprint density at radius 3 is 2.20 bits per heavy atom. The molecule has 0 radical (unpaired) electrons. The first-order valence-electron chi connectivity index (χ1n) is 7.65. The third kappa shape index (κ3) is 3.92. The molecule has 25 heavy (non-hydrogen) atoms. The number of sulfone groups is 1. The molecule has 0 saturated heterocycles. The Bertz CT molecular complexity index is 955. The number of amides is 1. The summed E-state index contributed by atoms with van der Waals surface area (Å²) in [5.74, 6) is -0.271. The van der Waals surface area contributed by atoms with E-state index in [1.54, 1.807) is 48.8 Å². The Hall–Kier alpha value is -2.99. The van der Waals surface area contributed by atoms with Crippen LogP contribution in [0, 0.1) is 0 Å². The van der Waals surface area contributed by atoms with Gasteiger partial charge in [0.05, 0.1) is 9.79 Å². The van der Waals surface area contributed by atoms with Gasteiger partial charge in [-0.15, -0.1) is 0 Å². The van der Waals surface area contributed by atoms with Gasteiger partial charge in [0.1, 0.15) is 0 Å². The summed E-state index contributed by atoms with van der Waals surface area (Å²) in [7, 11) is -3.58. The lowest BCUT2D eigenvalue weighted by molar-refractivity contribution is 0.0951. The van der Waals surface area contributed by atoms with Gasteiger partial charge in [0, 0.05) is 24.5 Å². The number of nitrogens with zero attached hydrogens (tertiary/aromatic N) is 1. The lowest BCUT2D eigenvalue weighted by atomic mass is 10.2. The summed E-state index contributed by atoms with van der Waals surface area (Å²) in [5, 5.41) is 2.78. The smallest absolute Gasteiger partial charge is 0.251 e. The zero-order chi connectivity index (χ0) is 17.7. The second kappa shape index (κ2) is 7.27. The summed E-state index contributed by atoms with van der Waals surface area (Å²) in [6.45, 7) is 0.358. The van der Waals surface area contributed by atoms with Crippen molar-refractivity contribution in [3.05, 3.63) is 90.3 Å². The summed E-state index contributed by atoms with van der Waals surface area (Å²) in [6, 6.07) is 17.8. The van der Waals surface area contributed by atoms with Gasteiger partial charge in [-0.1, -0.05) is 24.3 Å². The monoisotopic (exact) mass is 352 g/mol. The van der Waals surface area contributed by atoms with Crippen molar-refractivity contribution >= 4 is 15.7 Å². The molecule has 0 atom stereocenters. The van der Waals surface area contributed by atoms with Crippen molar-refractivity contribution in [2.45, 2.75) is 16.3 Å². The maximum absolute atomic E-state index is 12.5. The molecule has 1 aromatic heterocycles. The van der Waals surface area contributed by atoms with E-state index in [0.717, 1.165) is 5.56 Å². The van der Waals surface area contributed by atoms with E-state index in [9.17, 15) is 13.2 Å². The van der Waals surface area contributed by atoms with Crippen LogP contribution in [0.25, 0.3) is 0 Å². The summed E-state index contributed by atoms with van der Waals surface area (Å²) >= 11 is 0. The molecule has 1 amide bonds. The topological polar surface area (TPSA) is 76.1 Å². The van der Waals surface area contributed by atoms with Crippen LogP contribution in [0.3, 0.4) is 0 Å². The Morgan fingerprint density at radius 1 is 0.880 bits per heavy atom. The van der Waals surface area contributed by atoms with Crippen molar-refractivity contribution in [3.63, 3.8) is 0 Å². The normalized spacial score (nSPS) is 11.0. The molecule has 6 heteroatoms. The molecule has 5 nitrogen and oxygen atoms in total. The molecule has 1 heterocycles. The van der Waals surface area contributed by atoms with Gasteiger partial charge in [0.2, 0.25) is 9.84 Å². The van der Waals surface area contributed by atoms with Crippen molar-refractivity contribution in [1.82, 2.24) is 10.3 Å². The van der Waals surface area contributed by atoms with E-state index >= 15 is 0 Å². The van der Waals surface area contributed by atoms with E-state index in [1.807, 2.05) is 6.07 Å². The predicted molar refractivity (Wildman–Crippen MR) is 93.7 cm³/mol. The van der Waals surface area contributed by atoms with Crippen LogP contribution in [-0.4, -0.2) is 19.3 Å². The molecular weight excluding hydrogens is 336 g/mol. The van der Waals surface area contributed by atoms with Crippen LogP contribution in [0.4, 0.5) is 0 Å². The van der Waals surface area contributed by atoms with Crippen molar-refractivity contribution in [1.29, 1.82) is 0 Å². The minimum absolute atomic E-state index is 0.155. The summed E-state index contributed by atoms with van der Waals surface area (Å²) in [4.78, 5) is 16.5. The van der Waals surface area contributed by atoms with Gasteiger partial charge in [-0.25, -0.2) is 8.42 Å². The molecule has 3 rings (SSSR count). The largest absolute Gasteiger partial charge is 0.348 e. The van der Waals surface area contributed by atoms with Gasteiger partial charge in [0.25, 0.3) is 5.91 Å². The van der Waals surface area contributed by atoms with E-state index in [0.29, 0.717) is 12.1 Å². The fourth-order valence-corrected chi connectivity index (χ4v) is 3.59. The molecular formula is C19H16N2O3S. The molecule has 2 aromatic carbocycles. The fourth-order valence-electron chi connectivity index (χ4n) is 2.31. The van der Waals surface area contributed by atoms with Crippen LogP contribution in [0.5, 0.6) is 0 Å². The van der Waals surface area contributed by atoms with Gasteiger partial charge in [-0.2, -0.15) is 0 Å². The lowest BCUT2D eigenvalue weighted by Gasteiger charge is -2.07. The molecule has 1 N–H and O–H groups in total. The maximum Gasteiger partial charge on any atom is 0.251 e. The number of carbonyl (C=O) groups is 1. The molecule has 0 aliphatic rings. The Morgan fingerprint density at radius 2 is 1.56 bits per heavy atom. The van der Waals surface area contributed by atoms with E-state index in [2.05, 4.69) is 10.3 Å². The highest BCUT2D eigenvalue weighted by atomic mass is 32.2. The number of pyridine rings is 1. The summed E-state index contributed by atoms with van der Waals surface area (Å²) < 4.78 is 25.0. The van der Waals surface area contributed by atoms with Gasteiger partial charge >= 0.3 is 0 Å². The van der Waals surface area contributed by atoms with Crippen molar-refractivity contribution in [3.8, 4) is 0 Å². The molecule has 0 spiro atoms. The zero-order valence-corrected chi connectivity index (χ0v) is 14.1. The molecule has 0 unspecified atom stereocenters. The summed E-state index contributed by atoms with van der Waals surface area (Å²) in [6.07, 6.45) is 3.34. The minimum atomic E-state index is -3.58. The Balaban J connectivity index is 1.73.